The van der Waals surface area contributed by atoms with E-state index in [1.165, 1.54) is 25.4 Å². The quantitative estimate of drug-likeness (QED) is 0.191. The Morgan fingerprint density at radius 2 is 1.73 bits per heavy atom. The molecule has 14 heteroatoms. The second kappa shape index (κ2) is 20.4. The van der Waals surface area contributed by atoms with Crippen LogP contribution in [0.5, 0.6) is 0 Å². The number of hydrogen-bond acceptors (Lipinski definition) is 11. The molecule has 52 heavy (non-hydrogen) atoms. The molecule has 288 valence electrons. The zero-order valence-corrected chi connectivity index (χ0v) is 32.6. The van der Waals surface area contributed by atoms with Crippen molar-refractivity contribution in [3.05, 3.63) is 52.0 Å². The lowest BCUT2D eigenvalue weighted by Crippen LogP contribution is -2.57. The van der Waals surface area contributed by atoms with Crippen molar-refractivity contribution in [3.63, 3.8) is 0 Å². The van der Waals surface area contributed by atoms with E-state index in [2.05, 4.69) is 15.6 Å². The molecule has 1 aromatic heterocycles. The standard InChI is InChI=1S/C38H57N5O8S/c1-23(2)31(43(7)37(48)33(24(3)4)41-35(47)30-16-12-13-17-42(30)6)20-32(51-25(5)45)36-40-29(22-52-36)34(46)39-28(18-26-14-10-9-11-15-26)19-27(21-44)38(49)50-8/h9-11,14-15,22-24,27-28,30-33,44H,12-13,16-21H2,1-8H3,(H,39,46)(H,41,47)/t27-,28-,30+,31?,32+,33-/m0/s1. The van der Waals surface area contributed by atoms with Gasteiger partial charge in [0.05, 0.1) is 25.7 Å². The summed E-state index contributed by atoms with van der Waals surface area (Å²) in [6.45, 7) is 9.45. The normalized spacial score (nSPS) is 17.8. The van der Waals surface area contributed by atoms with Gasteiger partial charge in [-0.25, -0.2) is 4.98 Å². The average Bonchev–Trinajstić information content (AvgIpc) is 3.61. The van der Waals surface area contributed by atoms with Crippen molar-refractivity contribution in [1.82, 2.24) is 25.4 Å². The third-order valence-corrected chi connectivity index (χ3v) is 10.6. The molecule has 13 nitrogen and oxygen atoms in total. The highest BCUT2D eigenvalue weighted by molar-refractivity contribution is 7.09. The maximum atomic E-state index is 14.0. The molecule has 3 rings (SSSR count). The molecule has 3 amide bonds. The third kappa shape index (κ3) is 12.1. The van der Waals surface area contributed by atoms with Crippen molar-refractivity contribution in [2.75, 3.05) is 34.4 Å². The molecule has 3 N–H and O–H groups in total. The number of ether oxygens (including phenoxy) is 2. The van der Waals surface area contributed by atoms with Crippen LogP contribution in [-0.4, -0.2) is 108 Å². The molecule has 1 aliphatic rings. The fourth-order valence-corrected chi connectivity index (χ4v) is 7.53. The van der Waals surface area contributed by atoms with Crippen LogP contribution < -0.4 is 10.6 Å². The number of methoxy groups -OCH3 is 1. The van der Waals surface area contributed by atoms with Crippen LogP contribution in [0.1, 0.15) is 93.9 Å². The number of piperidine rings is 1. The third-order valence-electron chi connectivity index (χ3n) is 9.70. The molecule has 6 atom stereocenters. The molecule has 1 aromatic carbocycles. The van der Waals surface area contributed by atoms with Gasteiger partial charge < -0.3 is 30.1 Å². The van der Waals surface area contributed by atoms with Gasteiger partial charge in [-0.1, -0.05) is 64.4 Å². The number of amides is 3. The van der Waals surface area contributed by atoms with E-state index in [0.29, 0.717) is 11.4 Å². The summed E-state index contributed by atoms with van der Waals surface area (Å²) in [4.78, 5) is 73.8. The van der Waals surface area contributed by atoms with Crippen LogP contribution in [0, 0.1) is 17.8 Å². The summed E-state index contributed by atoms with van der Waals surface area (Å²) >= 11 is 1.17. The highest BCUT2D eigenvalue weighted by Gasteiger charge is 2.37. The highest BCUT2D eigenvalue weighted by Crippen LogP contribution is 2.31. The van der Waals surface area contributed by atoms with E-state index in [4.69, 9.17) is 9.47 Å². The number of carbonyl (C=O) groups is 5. The van der Waals surface area contributed by atoms with Crippen LogP contribution in [0.3, 0.4) is 0 Å². The van der Waals surface area contributed by atoms with Crippen LogP contribution >= 0.6 is 11.3 Å². The van der Waals surface area contributed by atoms with Crippen molar-refractivity contribution < 1.29 is 38.6 Å². The maximum Gasteiger partial charge on any atom is 0.311 e. The van der Waals surface area contributed by atoms with Crippen molar-refractivity contribution in [1.29, 1.82) is 0 Å². The molecule has 2 heterocycles. The summed E-state index contributed by atoms with van der Waals surface area (Å²) < 4.78 is 10.6. The van der Waals surface area contributed by atoms with Gasteiger partial charge in [0.15, 0.2) is 6.10 Å². The summed E-state index contributed by atoms with van der Waals surface area (Å²) in [5.41, 5.74) is 1.04. The Morgan fingerprint density at radius 3 is 2.31 bits per heavy atom. The smallest absolute Gasteiger partial charge is 0.311 e. The second-order valence-electron chi connectivity index (χ2n) is 14.4. The number of aromatic nitrogens is 1. The minimum atomic E-state index is -0.854. The van der Waals surface area contributed by atoms with E-state index in [1.807, 2.05) is 70.0 Å². The number of hydrogen-bond donors (Lipinski definition) is 3. The molecule has 1 saturated heterocycles. The van der Waals surface area contributed by atoms with E-state index in [9.17, 15) is 29.1 Å². The lowest BCUT2D eigenvalue weighted by Gasteiger charge is -2.37. The lowest BCUT2D eigenvalue weighted by molar-refractivity contribution is -0.149. The van der Waals surface area contributed by atoms with Gasteiger partial charge in [0.2, 0.25) is 11.8 Å². The van der Waals surface area contributed by atoms with Crippen LogP contribution in [-0.2, 0) is 35.1 Å². The zero-order valence-electron chi connectivity index (χ0n) is 31.8. The average molecular weight is 744 g/mol. The van der Waals surface area contributed by atoms with Crippen LogP contribution in [0.25, 0.3) is 0 Å². The van der Waals surface area contributed by atoms with Crippen molar-refractivity contribution in [2.24, 2.45) is 17.8 Å². The van der Waals surface area contributed by atoms with E-state index in [-0.39, 0.29) is 48.2 Å². The monoisotopic (exact) mass is 743 g/mol. The molecule has 0 spiro atoms. The topological polar surface area (TPSA) is 167 Å². The van der Waals surface area contributed by atoms with Crippen molar-refractivity contribution in [2.45, 2.75) is 103 Å². The predicted octanol–water partition coefficient (Wildman–Crippen LogP) is 3.76. The fourth-order valence-electron chi connectivity index (χ4n) is 6.70. The van der Waals surface area contributed by atoms with Gasteiger partial charge in [-0.2, -0.15) is 0 Å². The Balaban J connectivity index is 1.81. The summed E-state index contributed by atoms with van der Waals surface area (Å²) in [6, 6.07) is 7.50. The molecule has 0 radical (unpaired) electrons. The predicted molar refractivity (Wildman–Crippen MR) is 198 cm³/mol. The summed E-state index contributed by atoms with van der Waals surface area (Å²) in [7, 11) is 4.88. The number of aliphatic hydroxyl groups is 1. The van der Waals surface area contributed by atoms with Gasteiger partial charge in [0.25, 0.3) is 5.91 Å². The Hall–Kier alpha value is -3.88. The van der Waals surface area contributed by atoms with Gasteiger partial charge in [-0.05, 0) is 56.7 Å². The van der Waals surface area contributed by atoms with Crippen LogP contribution in [0.4, 0.5) is 0 Å². The minimum Gasteiger partial charge on any atom is -0.469 e. The molecule has 0 bridgehead atoms. The van der Waals surface area contributed by atoms with E-state index >= 15 is 0 Å². The highest BCUT2D eigenvalue weighted by atomic mass is 32.1. The number of thiazole rings is 1. The first-order valence-corrected chi connectivity index (χ1v) is 19.0. The fraction of sp³-hybridized carbons (Fsp3) is 0.632. The van der Waals surface area contributed by atoms with Gasteiger partial charge in [-0.3, -0.25) is 28.9 Å². The van der Waals surface area contributed by atoms with Gasteiger partial charge in [0.1, 0.15) is 16.7 Å². The van der Waals surface area contributed by atoms with Gasteiger partial charge in [0, 0.05) is 37.9 Å². The van der Waals surface area contributed by atoms with E-state index in [1.54, 1.807) is 17.3 Å². The first-order chi connectivity index (χ1) is 24.7. The lowest BCUT2D eigenvalue weighted by atomic mass is 9.94. The number of carbonyl (C=O) groups excluding carboxylic acids is 5. The summed E-state index contributed by atoms with van der Waals surface area (Å²) in [6.07, 6.45) is 2.65. The maximum absolute atomic E-state index is 14.0. The van der Waals surface area contributed by atoms with Crippen LogP contribution in [0.2, 0.25) is 0 Å². The van der Waals surface area contributed by atoms with Crippen molar-refractivity contribution in [3.8, 4) is 0 Å². The van der Waals surface area contributed by atoms with Gasteiger partial charge >= 0.3 is 11.9 Å². The van der Waals surface area contributed by atoms with Crippen LogP contribution in [0.15, 0.2) is 35.7 Å². The number of benzene rings is 1. The molecular weight excluding hydrogens is 687 g/mol. The largest absolute Gasteiger partial charge is 0.469 e. The second-order valence-corrected chi connectivity index (χ2v) is 15.3. The number of esters is 2. The Bertz CT molecular complexity index is 1480. The molecule has 1 unspecified atom stereocenters. The van der Waals surface area contributed by atoms with E-state index < -0.39 is 54.6 Å². The van der Waals surface area contributed by atoms with Gasteiger partial charge in [-0.15, -0.1) is 11.3 Å². The number of likely N-dealkylation sites (tertiary alicyclic amines) is 1. The summed E-state index contributed by atoms with van der Waals surface area (Å²) in [5.74, 6) is -3.05. The minimum absolute atomic E-state index is 0.0595. The molecule has 1 aliphatic heterocycles. The van der Waals surface area contributed by atoms with Crippen molar-refractivity contribution >= 4 is 41.0 Å². The molecule has 0 saturated carbocycles. The number of nitrogens with zero attached hydrogens (tertiary/aromatic N) is 3. The number of aliphatic hydroxyl groups excluding tert-OH is 1. The molecular formula is C38H57N5O8S. The zero-order chi connectivity index (χ0) is 38.5. The Morgan fingerprint density at radius 1 is 1.04 bits per heavy atom. The Kier molecular flexibility index (Phi) is 16.7. The summed E-state index contributed by atoms with van der Waals surface area (Å²) in [5, 5.41) is 17.8. The first kappa shape index (κ1) is 42.5. The molecule has 2 aromatic rings. The first-order valence-electron chi connectivity index (χ1n) is 18.1. The molecule has 1 fully saturated rings. The number of nitrogens with one attached hydrogen (secondary N) is 2. The Labute approximate surface area is 311 Å². The number of likely N-dealkylation sites (N-methyl/N-ethyl adjacent to an activating group) is 2. The SMILES string of the molecule is COC(=O)[C@H](CO)C[C@H](Cc1ccccc1)NC(=O)c1csc([C@@H](CC(C(C)C)N(C)C(=O)[C@@H](NC(=O)[C@H]2CCCCN2C)C(C)C)OC(C)=O)n1. The number of rotatable bonds is 18. The molecule has 0 aliphatic carbocycles. The van der Waals surface area contributed by atoms with E-state index in [0.717, 1.165) is 31.4 Å².